The fraction of sp³-hybridized carbons (Fsp3) is 0.333. The third-order valence-corrected chi connectivity index (χ3v) is 1.69. The Morgan fingerprint density at radius 2 is 2.33 bits per heavy atom. The molecule has 0 saturated heterocycles. The molecule has 6 heteroatoms. The summed E-state index contributed by atoms with van der Waals surface area (Å²) in [5.74, 6) is -0.539. The van der Waals surface area contributed by atoms with Crippen molar-refractivity contribution in [2.75, 3.05) is 6.54 Å². The smallest absolute Gasteiger partial charge is 0.265 e. The molecule has 1 rings (SSSR count). The molecule has 0 aliphatic heterocycles. The van der Waals surface area contributed by atoms with Crippen LogP contribution in [0.15, 0.2) is 24.5 Å². The minimum Gasteiger partial charge on any atom is -0.385 e. The summed E-state index contributed by atoms with van der Waals surface area (Å²) in [5, 5.41) is 10.9. The topological polar surface area (TPSA) is 62.2 Å². The Balaban J connectivity index is 2.44. The number of aliphatic hydroxyl groups excluding tert-OH is 1. The first-order valence-electron chi connectivity index (χ1n) is 4.25. The van der Waals surface area contributed by atoms with Crippen LogP contribution in [0.25, 0.3) is 0 Å². The van der Waals surface area contributed by atoms with Gasteiger partial charge in [-0.3, -0.25) is 9.78 Å². The number of nitrogens with one attached hydrogen (secondary N) is 1. The number of aromatic nitrogens is 1. The van der Waals surface area contributed by atoms with Crippen LogP contribution >= 0.6 is 0 Å². The van der Waals surface area contributed by atoms with E-state index < -0.39 is 25.0 Å². The Bertz CT molecular complexity index is 319. The van der Waals surface area contributed by atoms with E-state index in [4.69, 9.17) is 5.11 Å². The van der Waals surface area contributed by atoms with Crippen LogP contribution in [0.4, 0.5) is 8.78 Å². The zero-order chi connectivity index (χ0) is 11.3. The molecule has 0 spiro atoms. The number of amides is 1. The zero-order valence-electron chi connectivity index (χ0n) is 7.73. The number of pyridine rings is 1. The van der Waals surface area contributed by atoms with Crippen LogP contribution in [0, 0.1) is 0 Å². The minimum absolute atomic E-state index is 0.263. The number of carbonyl (C=O) groups is 1. The predicted octanol–water partition coefficient (Wildman–Crippen LogP) is 0.437. The quantitative estimate of drug-likeness (QED) is 0.767. The average molecular weight is 216 g/mol. The van der Waals surface area contributed by atoms with Crippen molar-refractivity contribution in [2.24, 2.45) is 0 Å². The van der Waals surface area contributed by atoms with Crippen molar-refractivity contribution in [3.05, 3.63) is 30.1 Å². The molecule has 1 aromatic rings. The van der Waals surface area contributed by atoms with Gasteiger partial charge in [-0.1, -0.05) is 0 Å². The molecule has 0 aliphatic rings. The summed E-state index contributed by atoms with van der Waals surface area (Å²) >= 11 is 0. The second-order valence-corrected chi connectivity index (χ2v) is 2.85. The van der Waals surface area contributed by atoms with Gasteiger partial charge in [0.1, 0.15) is 6.10 Å². The molecule has 0 aliphatic carbocycles. The molecule has 82 valence electrons. The lowest BCUT2D eigenvalue weighted by Crippen LogP contribution is -2.35. The number of hydrogen-bond acceptors (Lipinski definition) is 3. The fourth-order valence-electron chi connectivity index (χ4n) is 0.885. The second-order valence-electron chi connectivity index (χ2n) is 2.85. The van der Waals surface area contributed by atoms with Gasteiger partial charge in [0.05, 0.1) is 5.56 Å². The van der Waals surface area contributed by atoms with Gasteiger partial charge < -0.3 is 10.4 Å². The van der Waals surface area contributed by atoms with Crippen molar-refractivity contribution < 1.29 is 18.7 Å². The monoisotopic (exact) mass is 216 g/mol. The fourth-order valence-corrected chi connectivity index (χ4v) is 0.885. The number of hydrogen-bond donors (Lipinski definition) is 2. The van der Waals surface area contributed by atoms with E-state index in [1.165, 1.54) is 18.5 Å². The van der Waals surface area contributed by atoms with E-state index in [1.54, 1.807) is 6.07 Å². The summed E-state index contributed by atoms with van der Waals surface area (Å²) in [6.45, 7) is -0.481. The van der Waals surface area contributed by atoms with Gasteiger partial charge in [0.15, 0.2) is 0 Å². The molecule has 1 aromatic heterocycles. The molecule has 1 heterocycles. The molecule has 1 atom stereocenters. The van der Waals surface area contributed by atoms with Crippen LogP contribution in [0.2, 0.25) is 0 Å². The van der Waals surface area contributed by atoms with E-state index in [0.717, 1.165) is 0 Å². The van der Waals surface area contributed by atoms with E-state index in [9.17, 15) is 13.6 Å². The number of alkyl halides is 2. The summed E-state index contributed by atoms with van der Waals surface area (Å²) in [4.78, 5) is 15.0. The Morgan fingerprint density at radius 1 is 1.60 bits per heavy atom. The molecular formula is C9H10F2N2O2. The maximum atomic E-state index is 11.9. The van der Waals surface area contributed by atoms with Crippen LogP contribution < -0.4 is 5.32 Å². The van der Waals surface area contributed by atoms with Crippen molar-refractivity contribution in [3.63, 3.8) is 0 Å². The van der Waals surface area contributed by atoms with Crippen LogP contribution in [0.3, 0.4) is 0 Å². The molecule has 0 radical (unpaired) electrons. The molecule has 0 bridgehead atoms. The summed E-state index contributed by atoms with van der Waals surface area (Å²) in [6.07, 6.45) is -1.90. The molecule has 0 saturated carbocycles. The summed E-state index contributed by atoms with van der Waals surface area (Å²) < 4.78 is 23.7. The Kier molecular flexibility index (Phi) is 4.11. The summed E-state index contributed by atoms with van der Waals surface area (Å²) in [5.41, 5.74) is 0.263. The normalized spacial score (nSPS) is 12.5. The molecule has 4 nitrogen and oxygen atoms in total. The van der Waals surface area contributed by atoms with E-state index in [1.807, 2.05) is 0 Å². The van der Waals surface area contributed by atoms with Gasteiger partial charge in [-0.25, -0.2) is 8.78 Å². The average Bonchev–Trinajstić information content (AvgIpc) is 2.26. The lowest BCUT2D eigenvalue weighted by atomic mass is 10.2. The van der Waals surface area contributed by atoms with Crippen molar-refractivity contribution in [1.29, 1.82) is 0 Å². The van der Waals surface area contributed by atoms with E-state index in [0.29, 0.717) is 0 Å². The Labute approximate surface area is 84.9 Å². The standard InChI is InChI=1S/C9H10F2N2O2/c10-8(11)7(14)5-13-9(15)6-2-1-3-12-4-6/h1-4,7-8,14H,5H2,(H,13,15). The molecular weight excluding hydrogens is 206 g/mol. The molecule has 0 aromatic carbocycles. The Morgan fingerprint density at radius 3 is 2.87 bits per heavy atom. The third-order valence-electron chi connectivity index (χ3n) is 1.69. The van der Waals surface area contributed by atoms with Gasteiger partial charge in [0.25, 0.3) is 12.3 Å². The largest absolute Gasteiger partial charge is 0.385 e. The van der Waals surface area contributed by atoms with Crippen molar-refractivity contribution >= 4 is 5.91 Å². The molecule has 15 heavy (non-hydrogen) atoms. The lowest BCUT2D eigenvalue weighted by Gasteiger charge is -2.10. The van der Waals surface area contributed by atoms with Crippen LogP contribution in [0.1, 0.15) is 10.4 Å². The van der Waals surface area contributed by atoms with Gasteiger partial charge in [-0.15, -0.1) is 0 Å². The highest BCUT2D eigenvalue weighted by molar-refractivity contribution is 5.93. The van der Waals surface area contributed by atoms with Crippen LogP contribution in [-0.2, 0) is 0 Å². The SMILES string of the molecule is O=C(NCC(O)C(F)F)c1cccnc1. The van der Waals surface area contributed by atoms with Crippen molar-refractivity contribution in [1.82, 2.24) is 10.3 Å². The maximum Gasteiger partial charge on any atom is 0.265 e. The highest BCUT2D eigenvalue weighted by Crippen LogP contribution is 2.00. The Hall–Kier alpha value is -1.56. The first-order chi connectivity index (χ1) is 7.11. The number of carbonyl (C=O) groups excluding carboxylic acids is 1. The molecule has 1 unspecified atom stereocenters. The predicted molar refractivity (Wildman–Crippen MR) is 48.6 cm³/mol. The van der Waals surface area contributed by atoms with Gasteiger partial charge in [0.2, 0.25) is 0 Å². The molecule has 0 fully saturated rings. The number of aliphatic hydroxyl groups is 1. The first-order valence-corrected chi connectivity index (χ1v) is 4.25. The van der Waals surface area contributed by atoms with Crippen LogP contribution in [-0.4, -0.2) is 35.1 Å². The van der Waals surface area contributed by atoms with Gasteiger partial charge in [-0.2, -0.15) is 0 Å². The van der Waals surface area contributed by atoms with Gasteiger partial charge in [-0.05, 0) is 12.1 Å². The number of nitrogens with zero attached hydrogens (tertiary/aromatic N) is 1. The highest BCUT2D eigenvalue weighted by atomic mass is 19.3. The molecule has 2 N–H and O–H groups in total. The van der Waals surface area contributed by atoms with Crippen molar-refractivity contribution in [2.45, 2.75) is 12.5 Å². The van der Waals surface area contributed by atoms with E-state index >= 15 is 0 Å². The minimum atomic E-state index is -2.86. The third kappa shape index (κ3) is 3.59. The van der Waals surface area contributed by atoms with Gasteiger partial charge in [0, 0.05) is 18.9 Å². The van der Waals surface area contributed by atoms with Crippen LogP contribution in [0.5, 0.6) is 0 Å². The second kappa shape index (κ2) is 5.35. The maximum absolute atomic E-state index is 11.9. The molecule has 1 amide bonds. The lowest BCUT2D eigenvalue weighted by molar-refractivity contribution is -0.00270. The van der Waals surface area contributed by atoms with E-state index in [-0.39, 0.29) is 5.56 Å². The first kappa shape index (κ1) is 11.5. The summed E-state index contributed by atoms with van der Waals surface area (Å²) in [7, 11) is 0. The summed E-state index contributed by atoms with van der Waals surface area (Å²) in [6, 6.07) is 3.05. The van der Waals surface area contributed by atoms with Gasteiger partial charge >= 0.3 is 0 Å². The zero-order valence-corrected chi connectivity index (χ0v) is 7.73. The highest BCUT2D eigenvalue weighted by Gasteiger charge is 2.17. The van der Waals surface area contributed by atoms with E-state index in [2.05, 4.69) is 10.3 Å². The number of rotatable bonds is 4. The number of halogens is 2. The van der Waals surface area contributed by atoms with Crippen molar-refractivity contribution in [3.8, 4) is 0 Å².